The lowest BCUT2D eigenvalue weighted by Gasteiger charge is -2.03. The van der Waals surface area contributed by atoms with Gasteiger partial charge in [-0.05, 0) is 36.4 Å². The van der Waals surface area contributed by atoms with Crippen LogP contribution >= 0.6 is 11.8 Å². The van der Waals surface area contributed by atoms with Gasteiger partial charge in [0.15, 0.2) is 0 Å². The third kappa shape index (κ3) is 3.69. The number of hydrogen-bond acceptors (Lipinski definition) is 5. The predicted molar refractivity (Wildman–Crippen MR) is 73.9 cm³/mol. The molecule has 0 fully saturated rings. The molecule has 98 valence electrons. The molecule has 0 aliphatic heterocycles. The molecule has 0 aliphatic rings. The Bertz CT molecular complexity index is 555. The van der Waals surface area contributed by atoms with Gasteiger partial charge in [-0.1, -0.05) is 11.8 Å². The lowest BCUT2D eigenvalue weighted by molar-refractivity contribution is -0.115. The van der Waals surface area contributed by atoms with Crippen molar-refractivity contribution in [1.29, 1.82) is 0 Å². The van der Waals surface area contributed by atoms with Crippen LogP contribution in [0.4, 0.5) is 0 Å². The topological polar surface area (TPSA) is 78.1 Å². The van der Waals surface area contributed by atoms with Crippen LogP contribution in [0.1, 0.15) is 0 Å². The number of ether oxygens (including phenoxy) is 1. The Balaban J connectivity index is 2.10. The molecule has 19 heavy (non-hydrogen) atoms. The second-order valence-corrected chi connectivity index (χ2v) is 4.74. The zero-order valence-corrected chi connectivity index (χ0v) is 11.2. The van der Waals surface area contributed by atoms with E-state index in [0.717, 1.165) is 17.0 Å². The van der Waals surface area contributed by atoms with E-state index in [0.29, 0.717) is 5.03 Å². The molecule has 1 amide bonds. The molecule has 0 saturated carbocycles. The summed E-state index contributed by atoms with van der Waals surface area (Å²) in [5, 5.41) is 8.84. The number of carbonyl (C=O) groups is 1. The number of hydrogen-bond donors (Lipinski definition) is 1. The Morgan fingerprint density at radius 2 is 1.95 bits per heavy atom. The van der Waals surface area contributed by atoms with Crippen molar-refractivity contribution in [1.82, 2.24) is 10.2 Å². The van der Waals surface area contributed by atoms with Gasteiger partial charge in [-0.2, -0.15) is 0 Å². The van der Waals surface area contributed by atoms with Crippen molar-refractivity contribution in [2.75, 3.05) is 12.9 Å². The molecule has 0 spiro atoms. The average molecular weight is 275 g/mol. The Labute approximate surface area is 115 Å². The fourth-order valence-electron chi connectivity index (χ4n) is 1.46. The number of primary amides is 1. The second kappa shape index (κ2) is 6.19. The van der Waals surface area contributed by atoms with Gasteiger partial charge in [0.25, 0.3) is 0 Å². The molecule has 0 unspecified atom stereocenters. The highest BCUT2D eigenvalue weighted by Gasteiger charge is 2.03. The van der Waals surface area contributed by atoms with Crippen molar-refractivity contribution < 1.29 is 9.53 Å². The van der Waals surface area contributed by atoms with Crippen LogP contribution < -0.4 is 10.5 Å². The number of nitrogens with two attached hydrogens (primary N) is 1. The van der Waals surface area contributed by atoms with Crippen LogP contribution in [0, 0.1) is 0 Å². The molecule has 0 atom stereocenters. The molecule has 1 aromatic carbocycles. The summed E-state index contributed by atoms with van der Waals surface area (Å²) in [4.78, 5) is 10.7. The van der Waals surface area contributed by atoms with E-state index in [9.17, 15) is 4.79 Å². The maximum atomic E-state index is 10.7. The zero-order valence-electron chi connectivity index (χ0n) is 10.4. The van der Waals surface area contributed by atoms with Crippen LogP contribution in [0.2, 0.25) is 0 Å². The number of carbonyl (C=O) groups excluding carboxylic acids is 1. The summed E-state index contributed by atoms with van der Waals surface area (Å²) in [5.41, 5.74) is 6.80. The number of nitrogens with zero attached hydrogens (tertiary/aromatic N) is 2. The zero-order chi connectivity index (χ0) is 13.7. The fraction of sp³-hybridized carbons (Fsp3) is 0.154. The normalized spacial score (nSPS) is 10.2. The van der Waals surface area contributed by atoms with Crippen LogP contribution in [0.5, 0.6) is 5.75 Å². The van der Waals surface area contributed by atoms with Gasteiger partial charge in [-0.25, -0.2) is 0 Å². The smallest absolute Gasteiger partial charge is 0.227 e. The highest BCUT2D eigenvalue weighted by atomic mass is 32.2. The molecular weight excluding hydrogens is 262 g/mol. The summed E-state index contributed by atoms with van der Waals surface area (Å²) < 4.78 is 5.10. The fourth-order valence-corrected chi connectivity index (χ4v) is 2.01. The van der Waals surface area contributed by atoms with Crippen LogP contribution in [0.15, 0.2) is 41.4 Å². The largest absolute Gasteiger partial charge is 0.497 e. The summed E-state index contributed by atoms with van der Waals surface area (Å²) in [5.74, 6) is 0.632. The lowest BCUT2D eigenvalue weighted by Crippen LogP contribution is -2.13. The summed E-state index contributed by atoms with van der Waals surface area (Å²) in [7, 11) is 1.62. The highest BCUT2D eigenvalue weighted by Crippen LogP contribution is 2.21. The van der Waals surface area contributed by atoms with Crippen LogP contribution in [-0.2, 0) is 4.79 Å². The number of benzene rings is 1. The predicted octanol–water partition coefficient (Wildman–Crippen LogP) is 1.73. The first kappa shape index (κ1) is 13.4. The summed E-state index contributed by atoms with van der Waals surface area (Å²) in [6.45, 7) is 0. The van der Waals surface area contributed by atoms with Crippen molar-refractivity contribution in [3.63, 3.8) is 0 Å². The monoisotopic (exact) mass is 275 g/mol. The number of amides is 1. The summed E-state index contributed by atoms with van der Waals surface area (Å²) >= 11 is 1.27. The molecule has 0 saturated heterocycles. The van der Waals surface area contributed by atoms with Crippen molar-refractivity contribution in [2.45, 2.75) is 5.03 Å². The minimum atomic E-state index is -0.369. The molecule has 1 aromatic heterocycles. The molecule has 1 heterocycles. The molecule has 2 rings (SSSR count). The lowest BCUT2D eigenvalue weighted by atomic mass is 10.1. The minimum Gasteiger partial charge on any atom is -0.497 e. The molecule has 2 aromatic rings. The first-order valence-corrected chi connectivity index (χ1v) is 6.57. The van der Waals surface area contributed by atoms with E-state index in [-0.39, 0.29) is 11.7 Å². The molecule has 6 heteroatoms. The standard InChI is InChI=1S/C13H13N3O2S/c1-18-10-4-2-9(3-5-10)11-6-7-13(16-15-11)19-8-12(14)17/h2-7H,8H2,1H3,(H2,14,17). The SMILES string of the molecule is COc1ccc(-c2ccc(SCC(N)=O)nn2)cc1. The van der Waals surface area contributed by atoms with Gasteiger partial charge in [0, 0.05) is 5.56 Å². The van der Waals surface area contributed by atoms with E-state index >= 15 is 0 Å². The van der Waals surface area contributed by atoms with Crippen LogP contribution in [0.3, 0.4) is 0 Å². The Morgan fingerprint density at radius 1 is 1.21 bits per heavy atom. The van der Waals surface area contributed by atoms with E-state index in [2.05, 4.69) is 10.2 Å². The van der Waals surface area contributed by atoms with Crippen LogP contribution in [-0.4, -0.2) is 29.0 Å². The van der Waals surface area contributed by atoms with Gasteiger partial charge in [0.2, 0.25) is 5.91 Å². The van der Waals surface area contributed by atoms with Gasteiger partial charge >= 0.3 is 0 Å². The number of rotatable bonds is 5. The Morgan fingerprint density at radius 3 is 2.47 bits per heavy atom. The minimum absolute atomic E-state index is 0.205. The number of methoxy groups -OCH3 is 1. The molecule has 0 bridgehead atoms. The third-order valence-corrected chi connectivity index (χ3v) is 3.33. The van der Waals surface area contributed by atoms with E-state index in [1.807, 2.05) is 36.4 Å². The molecule has 2 N–H and O–H groups in total. The van der Waals surface area contributed by atoms with Gasteiger partial charge < -0.3 is 10.5 Å². The second-order valence-electron chi connectivity index (χ2n) is 3.74. The van der Waals surface area contributed by atoms with Crippen molar-refractivity contribution in [2.24, 2.45) is 5.73 Å². The van der Waals surface area contributed by atoms with Gasteiger partial charge in [-0.3, -0.25) is 4.79 Å². The first-order valence-electron chi connectivity index (χ1n) is 5.58. The van der Waals surface area contributed by atoms with Crippen molar-refractivity contribution in [3.8, 4) is 17.0 Å². The van der Waals surface area contributed by atoms with Crippen molar-refractivity contribution in [3.05, 3.63) is 36.4 Å². The number of thioether (sulfide) groups is 1. The van der Waals surface area contributed by atoms with Crippen molar-refractivity contribution >= 4 is 17.7 Å². The van der Waals surface area contributed by atoms with Crippen LogP contribution in [0.25, 0.3) is 11.3 Å². The van der Waals surface area contributed by atoms with Gasteiger partial charge in [-0.15, -0.1) is 10.2 Å². The van der Waals surface area contributed by atoms with E-state index in [1.165, 1.54) is 11.8 Å². The maximum Gasteiger partial charge on any atom is 0.227 e. The third-order valence-electron chi connectivity index (χ3n) is 2.39. The summed E-state index contributed by atoms with van der Waals surface area (Å²) in [6, 6.07) is 11.2. The summed E-state index contributed by atoms with van der Waals surface area (Å²) in [6.07, 6.45) is 0. The number of aromatic nitrogens is 2. The maximum absolute atomic E-state index is 10.7. The van der Waals surface area contributed by atoms with Gasteiger partial charge in [0.1, 0.15) is 10.8 Å². The Kier molecular flexibility index (Phi) is 4.35. The molecule has 5 nitrogen and oxygen atoms in total. The van der Waals surface area contributed by atoms with E-state index in [1.54, 1.807) is 7.11 Å². The highest BCUT2D eigenvalue weighted by molar-refractivity contribution is 7.99. The van der Waals surface area contributed by atoms with Gasteiger partial charge in [0.05, 0.1) is 18.6 Å². The molecular formula is C13H13N3O2S. The first-order chi connectivity index (χ1) is 9.19. The molecule has 0 aliphatic carbocycles. The Hall–Kier alpha value is -2.08. The van der Waals surface area contributed by atoms with E-state index < -0.39 is 0 Å². The quantitative estimate of drug-likeness (QED) is 0.841. The van der Waals surface area contributed by atoms with E-state index in [4.69, 9.17) is 10.5 Å². The molecule has 0 radical (unpaired) electrons. The average Bonchev–Trinajstić information content (AvgIpc) is 2.46.